The van der Waals surface area contributed by atoms with Gasteiger partial charge in [0.2, 0.25) is 11.8 Å². The number of rotatable bonds is 2. The summed E-state index contributed by atoms with van der Waals surface area (Å²) in [6, 6.07) is 34.5. The molecule has 0 aromatic heterocycles. The summed E-state index contributed by atoms with van der Waals surface area (Å²) in [6.45, 7) is 2.01. The minimum absolute atomic E-state index is 0.100. The maximum atomic E-state index is 14.7. The number of amides is 2. The molecule has 4 aliphatic rings. The zero-order valence-corrected chi connectivity index (χ0v) is 18.8. The Morgan fingerprint density at radius 2 is 1.18 bits per heavy atom. The molecule has 2 amide bonds. The van der Waals surface area contributed by atoms with Crippen LogP contribution in [0.3, 0.4) is 0 Å². The third kappa shape index (κ3) is 2.22. The summed E-state index contributed by atoms with van der Waals surface area (Å²) in [5, 5.41) is 0. The van der Waals surface area contributed by atoms with Gasteiger partial charge in [-0.3, -0.25) is 9.59 Å². The first-order valence-electron chi connectivity index (χ1n) is 11.8. The molecule has 1 saturated heterocycles. The average molecular weight is 442 g/mol. The Morgan fingerprint density at radius 3 is 1.76 bits per heavy atom. The van der Waals surface area contributed by atoms with E-state index >= 15 is 0 Å². The number of benzene rings is 4. The van der Waals surface area contributed by atoms with Crippen LogP contribution in [0.2, 0.25) is 0 Å². The molecular weight excluding hydrogens is 418 g/mol. The van der Waals surface area contributed by atoms with Crippen molar-refractivity contribution in [1.29, 1.82) is 0 Å². The number of carbonyl (C=O) groups is 2. The van der Waals surface area contributed by atoms with Crippen molar-refractivity contribution in [1.82, 2.24) is 0 Å². The van der Waals surface area contributed by atoms with E-state index in [0.717, 1.165) is 11.1 Å². The Morgan fingerprint density at radius 1 is 0.647 bits per heavy atom. The largest absolute Gasteiger partial charge is 0.274 e. The number of imide groups is 1. The van der Waals surface area contributed by atoms with Gasteiger partial charge in [-0.2, -0.15) is 0 Å². The summed E-state index contributed by atoms with van der Waals surface area (Å²) in [5.74, 6) is -1.08. The number of carbonyl (C=O) groups excluding carboxylic acids is 2. The molecule has 4 aromatic carbocycles. The first-order valence-corrected chi connectivity index (χ1v) is 11.8. The lowest BCUT2D eigenvalue weighted by molar-refractivity contribution is -0.124. The molecule has 3 aliphatic carbocycles. The van der Waals surface area contributed by atoms with Gasteiger partial charge >= 0.3 is 0 Å². The lowest BCUT2D eigenvalue weighted by atomic mass is 9.46. The molecule has 0 saturated carbocycles. The van der Waals surface area contributed by atoms with Crippen molar-refractivity contribution in [3.8, 4) is 0 Å². The highest BCUT2D eigenvalue weighted by atomic mass is 16.2. The number of hydrogen-bond acceptors (Lipinski definition) is 2. The number of hydrogen-bond donors (Lipinski definition) is 0. The molecule has 4 aromatic rings. The molecule has 1 aliphatic heterocycles. The lowest BCUT2D eigenvalue weighted by Crippen LogP contribution is -2.54. The van der Waals surface area contributed by atoms with E-state index in [2.05, 4.69) is 36.4 Å². The average Bonchev–Trinajstić information content (AvgIpc) is 3.13. The van der Waals surface area contributed by atoms with Crippen molar-refractivity contribution in [2.24, 2.45) is 5.92 Å². The SMILES string of the molecule is Cc1ccc(N2C(=O)C3C4c5ccccc5C(c5ccccc54)C3(c3ccccc3)C2=O)cc1. The van der Waals surface area contributed by atoms with Crippen LogP contribution >= 0.6 is 0 Å². The van der Waals surface area contributed by atoms with E-state index in [-0.39, 0.29) is 23.7 Å². The van der Waals surface area contributed by atoms with Crippen LogP contribution in [-0.4, -0.2) is 11.8 Å². The highest BCUT2D eigenvalue weighted by Crippen LogP contribution is 2.67. The van der Waals surface area contributed by atoms with Crippen molar-refractivity contribution >= 4 is 17.5 Å². The summed E-state index contributed by atoms with van der Waals surface area (Å²) >= 11 is 0. The summed E-state index contributed by atoms with van der Waals surface area (Å²) < 4.78 is 0. The fraction of sp³-hybridized carbons (Fsp3) is 0.161. The van der Waals surface area contributed by atoms with Gasteiger partial charge in [-0.05, 0) is 46.9 Å². The molecule has 2 bridgehead atoms. The highest BCUT2D eigenvalue weighted by Gasteiger charge is 2.71. The number of aryl methyl sites for hydroxylation is 1. The summed E-state index contributed by atoms with van der Waals surface area (Å²) in [7, 11) is 0. The molecule has 3 nitrogen and oxygen atoms in total. The van der Waals surface area contributed by atoms with E-state index < -0.39 is 11.3 Å². The highest BCUT2D eigenvalue weighted by molar-refractivity contribution is 6.27. The molecular formula is C31H23NO2. The molecule has 0 spiro atoms. The molecule has 3 heteroatoms. The van der Waals surface area contributed by atoms with Crippen LogP contribution in [0.1, 0.15) is 45.2 Å². The van der Waals surface area contributed by atoms with Gasteiger partial charge in [0.05, 0.1) is 17.0 Å². The lowest BCUT2D eigenvalue weighted by Gasteiger charge is -2.53. The van der Waals surface area contributed by atoms with Crippen LogP contribution in [0.25, 0.3) is 0 Å². The molecule has 164 valence electrons. The van der Waals surface area contributed by atoms with Gasteiger partial charge in [-0.25, -0.2) is 4.90 Å². The molecule has 0 N–H and O–H groups in total. The monoisotopic (exact) mass is 441 g/mol. The van der Waals surface area contributed by atoms with E-state index in [9.17, 15) is 9.59 Å². The van der Waals surface area contributed by atoms with Crippen molar-refractivity contribution < 1.29 is 9.59 Å². The second-order valence-electron chi connectivity index (χ2n) is 9.70. The minimum atomic E-state index is -0.976. The zero-order valence-electron chi connectivity index (χ0n) is 18.8. The standard InChI is InChI=1S/C31H23NO2/c1-19-15-17-21(18-16-19)32-29(33)28-26-22-11-5-7-13-24(22)27(25-14-8-6-12-23(25)26)31(28,30(32)34)20-9-3-2-4-10-20/h2-18,26-28H,1H3. The molecule has 2 atom stereocenters. The first kappa shape index (κ1) is 19.5. The Bertz CT molecular complexity index is 1430. The Labute approximate surface area is 198 Å². The van der Waals surface area contributed by atoms with Crippen LogP contribution in [0.15, 0.2) is 103 Å². The normalized spacial score (nSPS) is 26.3. The number of anilines is 1. The van der Waals surface area contributed by atoms with E-state index in [1.54, 1.807) is 0 Å². The maximum absolute atomic E-state index is 14.7. The summed E-state index contributed by atoms with van der Waals surface area (Å²) in [6.07, 6.45) is 0. The summed E-state index contributed by atoms with van der Waals surface area (Å²) in [5.41, 5.74) is 6.37. The fourth-order valence-corrected chi connectivity index (χ4v) is 6.88. The Kier molecular flexibility index (Phi) is 3.88. The van der Waals surface area contributed by atoms with Gasteiger partial charge < -0.3 is 0 Å². The van der Waals surface area contributed by atoms with Crippen LogP contribution < -0.4 is 4.90 Å². The van der Waals surface area contributed by atoms with E-state index in [1.807, 2.05) is 73.7 Å². The van der Waals surface area contributed by atoms with E-state index in [0.29, 0.717) is 5.69 Å². The van der Waals surface area contributed by atoms with Gasteiger partial charge in [0, 0.05) is 11.8 Å². The van der Waals surface area contributed by atoms with Crippen LogP contribution in [0.5, 0.6) is 0 Å². The quantitative estimate of drug-likeness (QED) is 0.374. The van der Waals surface area contributed by atoms with Crippen molar-refractivity contribution in [3.63, 3.8) is 0 Å². The van der Waals surface area contributed by atoms with Crippen molar-refractivity contribution in [3.05, 3.63) is 137 Å². The molecule has 34 heavy (non-hydrogen) atoms. The second kappa shape index (κ2) is 6.77. The van der Waals surface area contributed by atoms with E-state index in [4.69, 9.17) is 0 Å². The topological polar surface area (TPSA) is 37.4 Å². The Hall–Kier alpha value is -3.98. The third-order valence-corrected chi connectivity index (χ3v) is 8.15. The molecule has 0 radical (unpaired) electrons. The molecule has 8 rings (SSSR count). The molecule has 1 heterocycles. The third-order valence-electron chi connectivity index (χ3n) is 8.15. The maximum Gasteiger partial charge on any atom is 0.246 e. The second-order valence-corrected chi connectivity index (χ2v) is 9.70. The molecule has 2 unspecified atom stereocenters. The van der Waals surface area contributed by atoms with Gasteiger partial charge in [0.25, 0.3) is 0 Å². The van der Waals surface area contributed by atoms with Crippen molar-refractivity contribution in [2.75, 3.05) is 4.90 Å². The fourth-order valence-electron chi connectivity index (χ4n) is 6.88. The van der Waals surface area contributed by atoms with Crippen molar-refractivity contribution in [2.45, 2.75) is 24.2 Å². The van der Waals surface area contributed by atoms with Crippen LogP contribution in [0.4, 0.5) is 5.69 Å². The van der Waals surface area contributed by atoms with Gasteiger partial charge in [0.1, 0.15) is 0 Å². The minimum Gasteiger partial charge on any atom is -0.274 e. The molecule has 1 fully saturated rings. The van der Waals surface area contributed by atoms with Crippen LogP contribution in [0, 0.1) is 12.8 Å². The zero-order chi connectivity index (χ0) is 23.0. The predicted octanol–water partition coefficient (Wildman–Crippen LogP) is 5.71. The van der Waals surface area contributed by atoms with Crippen LogP contribution in [-0.2, 0) is 15.0 Å². The van der Waals surface area contributed by atoms with E-state index in [1.165, 1.54) is 27.2 Å². The van der Waals surface area contributed by atoms with Gasteiger partial charge in [-0.1, -0.05) is 96.6 Å². The van der Waals surface area contributed by atoms with Gasteiger partial charge in [0.15, 0.2) is 0 Å². The van der Waals surface area contributed by atoms with Gasteiger partial charge in [-0.15, -0.1) is 0 Å². The Balaban J connectivity index is 1.58. The first-order chi connectivity index (χ1) is 16.6. The number of nitrogens with zero attached hydrogens (tertiary/aromatic N) is 1. The summed E-state index contributed by atoms with van der Waals surface area (Å²) in [4.78, 5) is 30.5. The predicted molar refractivity (Wildman–Crippen MR) is 132 cm³/mol. The smallest absolute Gasteiger partial charge is 0.246 e.